The van der Waals surface area contributed by atoms with E-state index in [1.54, 1.807) is 0 Å². The molecule has 1 unspecified atom stereocenters. The molecule has 0 saturated heterocycles. The maximum atomic E-state index is 8.09. The van der Waals surface area contributed by atoms with E-state index < -0.39 is 0 Å². The standard InChI is InChI=1S/C4H10O2.AsH3/c5-3-1-2-4-6;/h5-6H,1-4H2;1H3. The summed E-state index contributed by atoms with van der Waals surface area (Å²) in [5.74, 6) is 0. The summed E-state index contributed by atoms with van der Waals surface area (Å²) in [6.45, 7) is 0.390. The van der Waals surface area contributed by atoms with Crippen LogP contribution in [0.25, 0.3) is 0 Å². The Balaban J connectivity index is 0. The molecule has 0 bridgehead atoms. The Kier molecular flexibility index (Phi) is 14.5. The Morgan fingerprint density at radius 3 is 1.29 bits per heavy atom. The number of unbranched alkanes of at least 4 members (excludes halogenated alkanes) is 1. The molecule has 0 amide bonds. The number of hydrogen-bond donors (Lipinski definition) is 2. The second-order valence-electron chi connectivity index (χ2n) is 1.15. The average Bonchev–Trinajstić information content (AvgIpc) is 1.61. The van der Waals surface area contributed by atoms with Crippen LogP contribution in [0, 0.1) is 0 Å². The van der Waals surface area contributed by atoms with Gasteiger partial charge in [-0.1, -0.05) is 0 Å². The van der Waals surface area contributed by atoms with Crippen molar-refractivity contribution in [3.05, 3.63) is 0 Å². The third kappa shape index (κ3) is 10.7. The van der Waals surface area contributed by atoms with Crippen LogP contribution in [0.1, 0.15) is 12.8 Å². The molecule has 2 nitrogen and oxygen atoms in total. The molecule has 0 aromatic heterocycles. The van der Waals surface area contributed by atoms with Gasteiger partial charge in [-0.05, 0) is 12.8 Å². The molecule has 1 atom stereocenters. The molecule has 0 radical (unpaired) electrons. The van der Waals surface area contributed by atoms with E-state index in [9.17, 15) is 0 Å². The zero-order chi connectivity index (χ0) is 4.83. The molecule has 0 aliphatic heterocycles. The summed E-state index contributed by atoms with van der Waals surface area (Å²) < 4.78 is 0. The topological polar surface area (TPSA) is 40.5 Å². The molecule has 0 rings (SSSR count). The van der Waals surface area contributed by atoms with Crippen molar-refractivity contribution in [3.63, 3.8) is 0 Å². The summed E-state index contributed by atoms with van der Waals surface area (Å²) in [6.07, 6.45) is 1.44. The van der Waals surface area contributed by atoms with E-state index in [-0.39, 0.29) is 31.2 Å². The third-order valence-electron chi connectivity index (χ3n) is 0.566. The van der Waals surface area contributed by atoms with Gasteiger partial charge in [-0.3, -0.25) is 0 Å². The van der Waals surface area contributed by atoms with Crippen molar-refractivity contribution >= 4 is 18.0 Å². The molecule has 0 spiro atoms. The molecule has 0 fully saturated rings. The Morgan fingerprint density at radius 2 is 1.14 bits per heavy atom. The molecule has 0 heterocycles. The fourth-order valence-corrected chi connectivity index (χ4v) is 0.224. The first-order valence-electron chi connectivity index (χ1n) is 2.13. The first-order valence-corrected chi connectivity index (χ1v) is 2.13. The molecular formula is C4H13AsO2. The Bertz CT molecular complexity index is 21.7. The number of rotatable bonds is 3. The van der Waals surface area contributed by atoms with Crippen LogP contribution in [-0.2, 0) is 0 Å². The van der Waals surface area contributed by atoms with E-state index in [4.69, 9.17) is 10.2 Å². The second-order valence-corrected chi connectivity index (χ2v) is 1.15. The summed E-state index contributed by atoms with van der Waals surface area (Å²) in [6, 6.07) is 0. The summed E-state index contributed by atoms with van der Waals surface area (Å²) in [5, 5.41) is 16.2. The van der Waals surface area contributed by atoms with Crippen molar-refractivity contribution in [1.82, 2.24) is 0 Å². The van der Waals surface area contributed by atoms with Gasteiger partial charge in [0.05, 0.1) is 0 Å². The predicted octanol–water partition coefficient (Wildman–Crippen LogP) is -1.43. The summed E-state index contributed by atoms with van der Waals surface area (Å²) >= 11 is 0. The molecule has 0 aromatic carbocycles. The molecule has 0 aliphatic rings. The number of aliphatic hydroxyl groups excluding tert-OH is 2. The number of hydrogen-bond acceptors (Lipinski definition) is 2. The molecule has 0 aliphatic carbocycles. The summed E-state index contributed by atoms with van der Waals surface area (Å²) in [7, 11) is 0. The van der Waals surface area contributed by atoms with Crippen molar-refractivity contribution in [2.24, 2.45) is 0 Å². The van der Waals surface area contributed by atoms with Gasteiger partial charge in [0.2, 0.25) is 0 Å². The van der Waals surface area contributed by atoms with E-state index >= 15 is 0 Å². The molecule has 3 heteroatoms. The predicted molar refractivity (Wildman–Crippen MR) is 33.3 cm³/mol. The van der Waals surface area contributed by atoms with Crippen molar-refractivity contribution in [2.75, 3.05) is 13.2 Å². The molecule has 2 N–H and O–H groups in total. The third-order valence-corrected chi connectivity index (χ3v) is 0.566. The van der Waals surface area contributed by atoms with Gasteiger partial charge in [0, 0.05) is 13.2 Å². The fraction of sp³-hybridized carbons (Fsp3) is 1.00. The van der Waals surface area contributed by atoms with Crippen molar-refractivity contribution in [1.29, 1.82) is 0 Å². The Labute approximate surface area is 54.9 Å². The van der Waals surface area contributed by atoms with E-state index in [2.05, 4.69) is 0 Å². The SMILES string of the molecule is OCCCCO.[AsH3]. The summed E-state index contributed by atoms with van der Waals surface area (Å²) in [4.78, 5) is 0. The molecule has 0 aromatic rings. The van der Waals surface area contributed by atoms with Gasteiger partial charge in [0.1, 0.15) is 0 Å². The Morgan fingerprint density at radius 1 is 0.857 bits per heavy atom. The number of aliphatic hydroxyl groups is 2. The first-order chi connectivity index (χ1) is 2.91. The van der Waals surface area contributed by atoms with Crippen LogP contribution in [0.15, 0.2) is 0 Å². The fourth-order valence-electron chi connectivity index (χ4n) is 0.224. The van der Waals surface area contributed by atoms with Crippen LogP contribution in [0.4, 0.5) is 0 Å². The van der Waals surface area contributed by atoms with Gasteiger partial charge in [0.25, 0.3) is 0 Å². The van der Waals surface area contributed by atoms with Gasteiger partial charge in [0.15, 0.2) is 0 Å². The maximum absolute atomic E-state index is 8.09. The monoisotopic (exact) mass is 168 g/mol. The van der Waals surface area contributed by atoms with Gasteiger partial charge >= 0.3 is 18.0 Å². The molecular weight excluding hydrogens is 155 g/mol. The van der Waals surface area contributed by atoms with Gasteiger partial charge in [-0.2, -0.15) is 0 Å². The van der Waals surface area contributed by atoms with Crippen LogP contribution in [0.5, 0.6) is 0 Å². The van der Waals surface area contributed by atoms with Crippen LogP contribution in [-0.4, -0.2) is 41.4 Å². The van der Waals surface area contributed by atoms with Crippen LogP contribution >= 0.6 is 0 Å². The van der Waals surface area contributed by atoms with Gasteiger partial charge in [-0.15, -0.1) is 0 Å². The zero-order valence-corrected chi connectivity index (χ0v) is 7.40. The molecule has 0 saturated carbocycles. The van der Waals surface area contributed by atoms with Gasteiger partial charge in [-0.25, -0.2) is 0 Å². The van der Waals surface area contributed by atoms with Crippen molar-refractivity contribution in [3.8, 4) is 0 Å². The van der Waals surface area contributed by atoms with E-state index in [0.29, 0.717) is 0 Å². The van der Waals surface area contributed by atoms with Gasteiger partial charge < -0.3 is 10.2 Å². The van der Waals surface area contributed by atoms with Crippen LogP contribution < -0.4 is 0 Å². The van der Waals surface area contributed by atoms with E-state index in [1.165, 1.54) is 0 Å². The molecule has 46 valence electrons. The average molecular weight is 168 g/mol. The Hall–Kier alpha value is 0.478. The quantitative estimate of drug-likeness (QED) is 0.400. The van der Waals surface area contributed by atoms with E-state index in [0.717, 1.165) is 12.8 Å². The van der Waals surface area contributed by atoms with E-state index in [1.807, 2.05) is 0 Å². The zero-order valence-electron chi connectivity index (χ0n) is 4.43. The normalized spacial score (nSPS) is 7.71. The van der Waals surface area contributed by atoms with Crippen LogP contribution in [0.3, 0.4) is 0 Å². The van der Waals surface area contributed by atoms with Crippen molar-refractivity contribution < 1.29 is 10.2 Å². The second kappa shape index (κ2) is 9.69. The minimum atomic E-state index is 0. The first kappa shape index (κ1) is 10.5. The molecule has 7 heavy (non-hydrogen) atoms. The van der Waals surface area contributed by atoms with Crippen LogP contribution in [0.2, 0.25) is 0 Å². The minimum absolute atomic E-state index is 0. The van der Waals surface area contributed by atoms with Crippen molar-refractivity contribution in [2.45, 2.75) is 12.8 Å². The summed E-state index contributed by atoms with van der Waals surface area (Å²) in [5.41, 5.74) is 0.